The largest absolute Gasteiger partial charge is 0.493 e. The Labute approximate surface area is 304 Å². The molecule has 1 unspecified atom stereocenters. The molecule has 1 heterocycles. The van der Waals surface area contributed by atoms with Crippen molar-refractivity contribution in [3.05, 3.63) is 86.9 Å². The van der Waals surface area contributed by atoms with E-state index in [4.69, 9.17) is 46.9 Å². The number of hydrogen-bond donors (Lipinski definition) is 1. The number of amides is 1. The molecule has 12 heteroatoms. The van der Waals surface area contributed by atoms with Gasteiger partial charge in [0.05, 0.1) is 62.8 Å². The third kappa shape index (κ3) is 7.41. The lowest BCUT2D eigenvalue weighted by Crippen LogP contribution is -2.55. The predicted octanol–water partition coefficient (Wildman–Crippen LogP) is 5.79. The standard InChI is InChI=1S/C38H46Cl2N2O8/c1-6-50-36(45)35(44)41(2)38(27-11-12-29(39)30(40)22-27,24-49-23-25-19-31(46-3)34(48-5)32(20-25)47-4)15-18-42-16-13-37(14-17-42)28-10-8-7-9-26(28)21-33(37)43/h7-12,19-20,22,33,43H,6,13-18,21,23-24H2,1-5H3/t33-,38?/m0/s1. The smallest absolute Gasteiger partial charge is 0.397 e. The van der Waals surface area contributed by atoms with Crippen LogP contribution in [0.15, 0.2) is 54.6 Å². The summed E-state index contributed by atoms with van der Waals surface area (Å²) in [4.78, 5) is 30.3. The van der Waals surface area contributed by atoms with Crippen LogP contribution in [0.2, 0.25) is 10.0 Å². The van der Waals surface area contributed by atoms with Crippen molar-refractivity contribution >= 4 is 35.1 Å². The van der Waals surface area contributed by atoms with Crippen molar-refractivity contribution < 1.29 is 38.4 Å². The highest BCUT2D eigenvalue weighted by Gasteiger charge is 2.48. The topological polar surface area (TPSA) is 107 Å². The van der Waals surface area contributed by atoms with E-state index in [0.717, 1.165) is 31.5 Å². The van der Waals surface area contributed by atoms with Gasteiger partial charge in [0.2, 0.25) is 5.75 Å². The first-order valence-corrected chi connectivity index (χ1v) is 17.5. The van der Waals surface area contributed by atoms with Gasteiger partial charge in [-0.3, -0.25) is 4.79 Å². The average molecular weight is 730 g/mol. The highest BCUT2D eigenvalue weighted by atomic mass is 35.5. The molecule has 0 radical (unpaired) electrons. The number of esters is 1. The molecule has 2 atom stereocenters. The fourth-order valence-corrected chi connectivity index (χ4v) is 7.81. The molecular formula is C38H46Cl2N2O8. The molecule has 1 aliphatic carbocycles. The van der Waals surface area contributed by atoms with Crippen LogP contribution in [0.5, 0.6) is 17.2 Å². The Bertz CT molecular complexity index is 1650. The predicted molar refractivity (Wildman–Crippen MR) is 191 cm³/mol. The molecule has 1 N–H and O–H groups in total. The van der Waals surface area contributed by atoms with Crippen molar-refractivity contribution in [2.24, 2.45) is 0 Å². The third-order valence-corrected chi connectivity index (χ3v) is 11.1. The molecule has 0 bridgehead atoms. The van der Waals surface area contributed by atoms with Gasteiger partial charge in [-0.15, -0.1) is 0 Å². The summed E-state index contributed by atoms with van der Waals surface area (Å²) in [6.07, 6.45) is 2.25. The molecule has 3 aromatic rings. The number of likely N-dealkylation sites (tertiary alicyclic amines) is 1. The summed E-state index contributed by atoms with van der Waals surface area (Å²) >= 11 is 12.9. The molecule has 1 aliphatic heterocycles. The Morgan fingerprint density at radius 1 is 0.980 bits per heavy atom. The number of benzene rings is 3. The second-order valence-corrected chi connectivity index (χ2v) is 13.7. The van der Waals surface area contributed by atoms with Crippen molar-refractivity contribution in [3.8, 4) is 17.2 Å². The van der Waals surface area contributed by atoms with Crippen LogP contribution in [-0.4, -0.2) is 94.1 Å². The van der Waals surface area contributed by atoms with Crippen molar-refractivity contribution in [3.63, 3.8) is 0 Å². The minimum absolute atomic E-state index is 0.00708. The Hall–Kier alpha value is -3.54. The van der Waals surface area contributed by atoms with Gasteiger partial charge in [-0.2, -0.15) is 0 Å². The van der Waals surface area contributed by atoms with Crippen molar-refractivity contribution in [1.82, 2.24) is 9.80 Å². The van der Waals surface area contributed by atoms with Crippen LogP contribution >= 0.6 is 23.2 Å². The van der Waals surface area contributed by atoms with Crippen LogP contribution in [0.3, 0.4) is 0 Å². The zero-order valence-corrected chi connectivity index (χ0v) is 30.8. The van der Waals surface area contributed by atoms with Gasteiger partial charge in [0, 0.05) is 19.0 Å². The second-order valence-electron chi connectivity index (χ2n) is 12.9. The van der Waals surface area contributed by atoms with Gasteiger partial charge in [0.25, 0.3) is 0 Å². The minimum Gasteiger partial charge on any atom is -0.493 e. The molecule has 1 saturated heterocycles. The van der Waals surface area contributed by atoms with Crippen LogP contribution < -0.4 is 14.2 Å². The second kappa shape index (κ2) is 16.2. The van der Waals surface area contributed by atoms with Gasteiger partial charge in [-0.05, 0) is 92.2 Å². The molecule has 10 nitrogen and oxygen atoms in total. The number of likely N-dealkylation sites (N-methyl/N-ethyl adjacent to an activating group) is 1. The zero-order chi connectivity index (χ0) is 36.1. The molecule has 1 fully saturated rings. The summed E-state index contributed by atoms with van der Waals surface area (Å²) in [7, 11) is 6.21. The first kappa shape index (κ1) is 37.7. The van der Waals surface area contributed by atoms with Gasteiger partial charge in [0.15, 0.2) is 11.5 Å². The van der Waals surface area contributed by atoms with Gasteiger partial charge in [-0.25, -0.2) is 4.79 Å². The monoisotopic (exact) mass is 728 g/mol. The van der Waals surface area contributed by atoms with E-state index in [1.165, 1.54) is 23.1 Å². The van der Waals surface area contributed by atoms with E-state index < -0.39 is 23.5 Å². The molecule has 2 aliphatic rings. The van der Waals surface area contributed by atoms with Gasteiger partial charge in [-0.1, -0.05) is 53.5 Å². The van der Waals surface area contributed by atoms with E-state index in [2.05, 4.69) is 17.0 Å². The Morgan fingerprint density at radius 2 is 1.66 bits per heavy atom. The summed E-state index contributed by atoms with van der Waals surface area (Å²) in [6.45, 7) is 3.93. The lowest BCUT2D eigenvalue weighted by Gasteiger charge is -2.45. The molecular weight excluding hydrogens is 683 g/mol. The number of aliphatic hydroxyl groups is 1. The van der Waals surface area contributed by atoms with Crippen molar-refractivity contribution in [1.29, 1.82) is 0 Å². The molecule has 3 aromatic carbocycles. The number of fused-ring (bicyclic) bond motifs is 2. The third-order valence-electron chi connectivity index (χ3n) is 10.4. The Kier molecular flexibility index (Phi) is 12.2. The minimum atomic E-state index is -1.16. The quantitative estimate of drug-likeness (QED) is 0.173. The van der Waals surface area contributed by atoms with Crippen molar-refractivity contribution in [2.75, 3.05) is 61.2 Å². The van der Waals surface area contributed by atoms with E-state index in [-0.39, 0.29) is 25.2 Å². The molecule has 0 saturated carbocycles. The van der Waals surface area contributed by atoms with Crippen LogP contribution in [-0.2, 0) is 43.0 Å². The molecule has 5 rings (SSSR count). The van der Waals surface area contributed by atoms with E-state index in [9.17, 15) is 14.7 Å². The van der Waals surface area contributed by atoms with Crippen LogP contribution in [0, 0.1) is 0 Å². The van der Waals surface area contributed by atoms with E-state index >= 15 is 0 Å². The summed E-state index contributed by atoms with van der Waals surface area (Å²) in [6, 6.07) is 17.1. The lowest BCUT2D eigenvalue weighted by atomic mass is 9.72. The Morgan fingerprint density at radius 3 is 2.28 bits per heavy atom. The van der Waals surface area contributed by atoms with Gasteiger partial charge < -0.3 is 38.6 Å². The van der Waals surface area contributed by atoms with Crippen LogP contribution in [0.25, 0.3) is 0 Å². The molecule has 1 amide bonds. The highest BCUT2D eigenvalue weighted by molar-refractivity contribution is 6.42. The summed E-state index contributed by atoms with van der Waals surface area (Å²) in [5.41, 5.74) is 2.44. The number of piperidine rings is 1. The normalized spacial score (nSPS) is 17.9. The maximum Gasteiger partial charge on any atom is 0.397 e. The van der Waals surface area contributed by atoms with Gasteiger partial charge >= 0.3 is 11.9 Å². The van der Waals surface area contributed by atoms with Gasteiger partial charge in [0.1, 0.15) is 0 Å². The number of hydrogen-bond acceptors (Lipinski definition) is 9. The summed E-state index contributed by atoms with van der Waals surface area (Å²) in [5.74, 6) is -0.349. The number of nitrogens with zero attached hydrogens (tertiary/aromatic N) is 2. The zero-order valence-electron chi connectivity index (χ0n) is 29.3. The molecule has 1 spiro atoms. The van der Waals surface area contributed by atoms with Crippen LogP contribution in [0.4, 0.5) is 0 Å². The number of rotatable bonds is 13. The van der Waals surface area contributed by atoms with E-state index in [1.807, 2.05) is 18.2 Å². The SMILES string of the molecule is CCOC(=O)C(=O)N(C)C(CCN1CCC2(CC1)c1ccccc1C[C@@H]2O)(COCc1cc(OC)c(OC)c(OC)c1)c1ccc(Cl)c(Cl)c1. The molecule has 270 valence electrons. The average Bonchev–Trinajstić information content (AvgIpc) is 3.40. The molecule has 50 heavy (non-hydrogen) atoms. The fraction of sp³-hybridized carbons (Fsp3) is 0.474. The lowest BCUT2D eigenvalue weighted by molar-refractivity contribution is -0.164. The number of methoxy groups -OCH3 is 3. The fourth-order valence-electron chi connectivity index (χ4n) is 7.51. The van der Waals surface area contributed by atoms with Crippen LogP contribution in [0.1, 0.15) is 48.4 Å². The van der Waals surface area contributed by atoms with E-state index in [0.29, 0.717) is 52.2 Å². The number of aliphatic hydroxyl groups excluding tert-OH is 1. The number of halogens is 2. The Balaban J connectivity index is 1.45. The number of carbonyl (C=O) groups is 2. The maximum absolute atomic E-state index is 13.7. The highest BCUT2D eigenvalue weighted by Crippen LogP contribution is 2.47. The van der Waals surface area contributed by atoms with E-state index in [1.54, 1.807) is 52.5 Å². The first-order valence-electron chi connectivity index (χ1n) is 16.8. The summed E-state index contributed by atoms with van der Waals surface area (Å²) in [5, 5.41) is 11.9. The number of ether oxygens (including phenoxy) is 5. The number of carbonyl (C=O) groups excluding carboxylic acids is 2. The van der Waals surface area contributed by atoms with Crippen molar-refractivity contribution in [2.45, 2.75) is 56.3 Å². The molecule has 0 aromatic heterocycles. The summed E-state index contributed by atoms with van der Waals surface area (Å²) < 4.78 is 28.1. The maximum atomic E-state index is 13.7. The first-order chi connectivity index (χ1) is 24.0.